The summed E-state index contributed by atoms with van der Waals surface area (Å²) in [7, 11) is 0. The molecule has 1 aliphatic rings. The van der Waals surface area contributed by atoms with Crippen LogP contribution in [0, 0.1) is 0 Å². The van der Waals surface area contributed by atoms with Crippen LogP contribution in [0.15, 0.2) is 18.3 Å². The lowest BCUT2D eigenvalue weighted by Crippen LogP contribution is -2.08. The number of rotatable bonds is 1. The van der Waals surface area contributed by atoms with Gasteiger partial charge in [0, 0.05) is 18.7 Å². The third-order valence-corrected chi connectivity index (χ3v) is 2.78. The van der Waals surface area contributed by atoms with Crippen molar-refractivity contribution in [1.29, 1.82) is 0 Å². The molecular weight excluding hydrogens is 192 g/mol. The molecule has 1 atom stereocenters. The zero-order valence-electron chi connectivity index (χ0n) is 8.22. The van der Waals surface area contributed by atoms with E-state index in [-0.39, 0.29) is 5.75 Å². The van der Waals surface area contributed by atoms with Gasteiger partial charge in [-0.3, -0.25) is 0 Å². The zero-order valence-corrected chi connectivity index (χ0v) is 8.22. The molecule has 0 aliphatic carbocycles. The molecule has 2 aromatic rings. The summed E-state index contributed by atoms with van der Waals surface area (Å²) in [6.07, 6.45) is 2.87. The fourth-order valence-corrected chi connectivity index (χ4v) is 1.96. The Morgan fingerprint density at radius 1 is 1.53 bits per heavy atom. The summed E-state index contributed by atoms with van der Waals surface area (Å²) in [6.45, 7) is 1.95. The molecule has 0 spiro atoms. The van der Waals surface area contributed by atoms with Gasteiger partial charge in [-0.25, -0.2) is 9.50 Å². The van der Waals surface area contributed by atoms with Gasteiger partial charge in [0.2, 0.25) is 0 Å². The van der Waals surface area contributed by atoms with Crippen LogP contribution in [0.25, 0.3) is 5.65 Å². The van der Waals surface area contributed by atoms with E-state index in [2.05, 4.69) is 15.4 Å². The molecule has 0 aromatic carbocycles. The van der Waals surface area contributed by atoms with E-state index in [0.29, 0.717) is 11.6 Å². The highest BCUT2D eigenvalue weighted by Gasteiger charge is 2.21. The van der Waals surface area contributed by atoms with Gasteiger partial charge in [-0.15, -0.1) is 0 Å². The summed E-state index contributed by atoms with van der Waals surface area (Å²) >= 11 is 0. The minimum atomic E-state index is 0.183. The number of hydrogen-bond donors (Lipinski definition) is 2. The Hall–Kier alpha value is -1.62. The van der Waals surface area contributed by atoms with Crippen molar-refractivity contribution in [3.05, 3.63) is 24.2 Å². The van der Waals surface area contributed by atoms with Crippen LogP contribution in [-0.2, 0) is 0 Å². The van der Waals surface area contributed by atoms with Crippen LogP contribution in [0.3, 0.4) is 0 Å². The average Bonchev–Trinajstić information content (AvgIpc) is 2.86. The van der Waals surface area contributed by atoms with E-state index in [4.69, 9.17) is 0 Å². The first-order chi connectivity index (χ1) is 7.34. The van der Waals surface area contributed by atoms with Crippen LogP contribution in [0.2, 0.25) is 0 Å². The highest BCUT2D eigenvalue weighted by Crippen LogP contribution is 2.22. The fraction of sp³-hybridized carbons (Fsp3) is 0.400. The largest absolute Gasteiger partial charge is 0.504 e. The molecule has 1 aliphatic heterocycles. The number of hydrogen-bond acceptors (Lipinski definition) is 4. The molecular formula is C10H12N4O. The summed E-state index contributed by atoms with van der Waals surface area (Å²) in [6, 6.07) is 3.38. The van der Waals surface area contributed by atoms with Gasteiger partial charge in [-0.2, -0.15) is 5.10 Å². The summed E-state index contributed by atoms with van der Waals surface area (Å²) in [5.41, 5.74) is 0.541. The van der Waals surface area contributed by atoms with Crippen molar-refractivity contribution in [2.75, 3.05) is 13.1 Å². The first-order valence-electron chi connectivity index (χ1n) is 5.09. The molecule has 1 fully saturated rings. The fourth-order valence-electron chi connectivity index (χ4n) is 1.96. The van der Waals surface area contributed by atoms with Gasteiger partial charge < -0.3 is 10.4 Å². The van der Waals surface area contributed by atoms with E-state index in [9.17, 15) is 5.11 Å². The molecule has 2 aromatic heterocycles. The van der Waals surface area contributed by atoms with E-state index >= 15 is 0 Å². The minimum Gasteiger partial charge on any atom is -0.504 e. The molecule has 1 unspecified atom stereocenters. The zero-order chi connectivity index (χ0) is 10.3. The topological polar surface area (TPSA) is 62.5 Å². The third kappa shape index (κ3) is 1.35. The normalized spacial score (nSPS) is 21.2. The molecule has 0 radical (unpaired) electrons. The van der Waals surface area contributed by atoms with Gasteiger partial charge in [0.15, 0.2) is 17.2 Å². The highest BCUT2D eigenvalue weighted by molar-refractivity contribution is 5.51. The van der Waals surface area contributed by atoms with Gasteiger partial charge in [-0.05, 0) is 25.1 Å². The van der Waals surface area contributed by atoms with E-state index in [0.717, 1.165) is 25.3 Å². The van der Waals surface area contributed by atoms with Gasteiger partial charge in [0.1, 0.15) is 0 Å². The number of aromatic hydroxyl groups is 1. The molecule has 0 saturated carbocycles. The number of nitrogens with zero attached hydrogens (tertiary/aromatic N) is 3. The quantitative estimate of drug-likeness (QED) is 0.710. The first-order valence-corrected chi connectivity index (χ1v) is 5.09. The van der Waals surface area contributed by atoms with Crippen molar-refractivity contribution in [2.45, 2.75) is 12.3 Å². The van der Waals surface area contributed by atoms with Gasteiger partial charge in [0.25, 0.3) is 0 Å². The summed E-state index contributed by atoms with van der Waals surface area (Å²) in [4.78, 5) is 4.36. The highest BCUT2D eigenvalue weighted by atomic mass is 16.3. The molecule has 0 amide bonds. The number of fused-ring (bicyclic) bond motifs is 1. The lowest BCUT2D eigenvalue weighted by molar-refractivity contribution is 0.477. The van der Waals surface area contributed by atoms with Crippen LogP contribution < -0.4 is 5.32 Å². The maximum absolute atomic E-state index is 9.59. The summed E-state index contributed by atoms with van der Waals surface area (Å²) in [5.74, 6) is 1.38. The predicted molar refractivity (Wildman–Crippen MR) is 54.9 cm³/mol. The third-order valence-electron chi connectivity index (χ3n) is 2.78. The van der Waals surface area contributed by atoms with Crippen LogP contribution >= 0.6 is 0 Å². The number of nitrogens with one attached hydrogen (secondary N) is 1. The standard InChI is InChI=1S/C10H12N4O/c15-8-2-1-5-14-10(8)12-9(13-14)7-3-4-11-6-7/h1-2,5,7,11,15H,3-4,6H2. The Morgan fingerprint density at radius 2 is 2.47 bits per heavy atom. The Kier molecular flexibility index (Phi) is 1.85. The van der Waals surface area contributed by atoms with E-state index < -0.39 is 0 Å². The first kappa shape index (κ1) is 8.67. The van der Waals surface area contributed by atoms with Crippen LogP contribution in [-0.4, -0.2) is 32.8 Å². The Morgan fingerprint density at radius 3 is 3.20 bits per heavy atom. The van der Waals surface area contributed by atoms with Crippen molar-refractivity contribution in [3.8, 4) is 5.75 Å². The second kappa shape index (κ2) is 3.20. The van der Waals surface area contributed by atoms with Crippen molar-refractivity contribution in [1.82, 2.24) is 19.9 Å². The lowest BCUT2D eigenvalue weighted by Gasteiger charge is -1.99. The minimum absolute atomic E-state index is 0.183. The van der Waals surface area contributed by atoms with Crippen molar-refractivity contribution >= 4 is 5.65 Å². The number of aromatic nitrogens is 3. The molecule has 2 N–H and O–H groups in total. The predicted octanol–water partition coefficient (Wildman–Crippen LogP) is 0.512. The second-order valence-electron chi connectivity index (χ2n) is 3.82. The van der Waals surface area contributed by atoms with Crippen molar-refractivity contribution in [2.24, 2.45) is 0 Å². The molecule has 3 rings (SSSR count). The molecule has 5 heteroatoms. The monoisotopic (exact) mass is 204 g/mol. The van der Waals surface area contributed by atoms with Crippen LogP contribution in [0.4, 0.5) is 0 Å². The summed E-state index contributed by atoms with van der Waals surface area (Å²) < 4.78 is 1.63. The SMILES string of the molecule is Oc1cccn2nc(C3CCNC3)nc12. The molecule has 5 nitrogen and oxygen atoms in total. The molecule has 78 valence electrons. The molecule has 3 heterocycles. The lowest BCUT2D eigenvalue weighted by atomic mass is 10.1. The van der Waals surface area contributed by atoms with Gasteiger partial charge >= 0.3 is 0 Å². The van der Waals surface area contributed by atoms with Gasteiger partial charge in [0.05, 0.1) is 0 Å². The molecule has 15 heavy (non-hydrogen) atoms. The maximum atomic E-state index is 9.59. The van der Waals surface area contributed by atoms with Crippen molar-refractivity contribution in [3.63, 3.8) is 0 Å². The molecule has 1 saturated heterocycles. The second-order valence-corrected chi connectivity index (χ2v) is 3.82. The Bertz CT molecular complexity index is 487. The maximum Gasteiger partial charge on any atom is 0.197 e. The molecule has 0 bridgehead atoms. The van der Waals surface area contributed by atoms with Crippen molar-refractivity contribution < 1.29 is 5.11 Å². The van der Waals surface area contributed by atoms with E-state index in [1.165, 1.54) is 0 Å². The Labute approximate surface area is 86.8 Å². The van der Waals surface area contributed by atoms with E-state index in [1.807, 2.05) is 0 Å². The summed E-state index contributed by atoms with van der Waals surface area (Å²) in [5, 5.41) is 17.2. The van der Waals surface area contributed by atoms with Crippen LogP contribution in [0.1, 0.15) is 18.2 Å². The van der Waals surface area contributed by atoms with E-state index in [1.54, 1.807) is 22.8 Å². The van der Waals surface area contributed by atoms with Gasteiger partial charge in [-0.1, -0.05) is 0 Å². The number of pyridine rings is 1. The smallest absolute Gasteiger partial charge is 0.197 e. The van der Waals surface area contributed by atoms with Crippen LogP contribution in [0.5, 0.6) is 5.75 Å². The average molecular weight is 204 g/mol. The Balaban J connectivity index is 2.09.